The molecule has 0 spiro atoms. The summed E-state index contributed by atoms with van der Waals surface area (Å²) >= 11 is 1.53. The minimum absolute atomic E-state index is 0.00759. The minimum Gasteiger partial charge on any atom is -0.351 e. The van der Waals surface area contributed by atoms with Crippen molar-refractivity contribution in [3.63, 3.8) is 0 Å². The maximum absolute atomic E-state index is 12.3. The number of rotatable bonds is 4. The van der Waals surface area contributed by atoms with Crippen molar-refractivity contribution >= 4 is 27.3 Å². The molecular formula is C18H20N4OS. The molecule has 0 fully saturated rings. The van der Waals surface area contributed by atoms with Crippen LogP contribution in [0.5, 0.6) is 0 Å². The third-order valence-corrected chi connectivity index (χ3v) is 5.58. The lowest BCUT2D eigenvalue weighted by Crippen LogP contribution is -2.25. The van der Waals surface area contributed by atoms with E-state index in [0.29, 0.717) is 6.54 Å². The summed E-state index contributed by atoms with van der Waals surface area (Å²) in [5, 5.41) is 12.7. The highest BCUT2D eigenvalue weighted by Gasteiger charge is 2.15. The Bertz CT molecular complexity index is 834. The summed E-state index contributed by atoms with van der Waals surface area (Å²) in [6.45, 7) is 1.59. The van der Waals surface area contributed by atoms with Crippen molar-refractivity contribution in [2.24, 2.45) is 0 Å². The SMILES string of the molecule is O=C(NCCc1nnc2n1CCCCC2)c1cc2ccccc2s1. The molecule has 0 saturated heterocycles. The Morgan fingerprint density at radius 1 is 1.21 bits per heavy atom. The molecule has 0 unspecified atom stereocenters. The number of nitrogens with one attached hydrogen (secondary N) is 1. The molecule has 3 heterocycles. The number of thiophene rings is 1. The second-order valence-corrected chi connectivity index (χ2v) is 7.23. The van der Waals surface area contributed by atoms with E-state index in [0.717, 1.165) is 46.0 Å². The molecule has 4 rings (SSSR count). The van der Waals surface area contributed by atoms with Gasteiger partial charge in [-0.05, 0) is 30.4 Å². The monoisotopic (exact) mass is 340 g/mol. The smallest absolute Gasteiger partial charge is 0.261 e. The number of carbonyl (C=O) groups is 1. The zero-order valence-corrected chi connectivity index (χ0v) is 14.3. The summed E-state index contributed by atoms with van der Waals surface area (Å²) in [5.41, 5.74) is 0. The molecule has 1 amide bonds. The van der Waals surface area contributed by atoms with E-state index in [9.17, 15) is 4.79 Å². The lowest BCUT2D eigenvalue weighted by Gasteiger charge is -2.07. The zero-order chi connectivity index (χ0) is 16.4. The van der Waals surface area contributed by atoms with E-state index < -0.39 is 0 Å². The molecular weight excluding hydrogens is 320 g/mol. The molecule has 1 aliphatic rings. The fraction of sp³-hybridized carbons (Fsp3) is 0.389. The number of carbonyl (C=O) groups excluding carboxylic acids is 1. The van der Waals surface area contributed by atoms with Crippen LogP contribution in [0.2, 0.25) is 0 Å². The quantitative estimate of drug-likeness (QED) is 0.793. The Labute approximate surface area is 144 Å². The first-order valence-electron chi connectivity index (χ1n) is 8.49. The largest absolute Gasteiger partial charge is 0.351 e. The van der Waals surface area contributed by atoms with Crippen LogP contribution in [-0.4, -0.2) is 27.2 Å². The number of hydrogen-bond acceptors (Lipinski definition) is 4. The second kappa shape index (κ2) is 6.73. The summed E-state index contributed by atoms with van der Waals surface area (Å²) in [5.74, 6) is 2.08. The van der Waals surface area contributed by atoms with Gasteiger partial charge >= 0.3 is 0 Å². The molecule has 1 aromatic carbocycles. The van der Waals surface area contributed by atoms with Crippen molar-refractivity contribution in [3.8, 4) is 0 Å². The molecule has 2 aromatic heterocycles. The lowest BCUT2D eigenvalue weighted by molar-refractivity contribution is 0.0958. The molecule has 0 radical (unpaired) electrons. The molecule has 5 nitrogen and oxygen atoms in total. The molecule has 124 valence electrons. The Kier molecular flexibility index (Phi) is 4.30. The molecule has 0 saturated carbocycles. The maximum Gasteiger partial charge on any atom is 0.261 e. The topological polar surface area (TPSA) is 59.8 Å². The molecule has 6 heteroatoms. The molecule has 3 aromatic rings. The van der Waals surface area contributed by atoms with E-state index >= 15 is 0 Å². The van der Waals surface area contributed by atoms with Crippen LogP contribution in [0.4, 0.5) is 0 Å². The molecule has 1 N–H and O–H groups in total. The fourth-order valence-electron chi connectivity index (χ4n) is 3.20. The standard InChI is InChI=1S/C18H20N4OS/c23-18(15-12-13-6-3-4-7-14(13)24-15)19-10-9-17-21-20-16-8-2-1-5-11-22(16)17/h3-4,6-7,12H,1-2,5,8-11H2,(H,19,23). The summed E-state index contributed by atoms with van der Waals surface area (Å²) in [7, 11) is 0. The zero-order valence-electron chi connectivity index (χ0n) is 13.5. The van der Waals surface area contributed by atoms with Crippen molar-refractivity contribution in [2.45, 2.75) is 38.6 Å². The van der Waals surface area contributed by atoms with E-state index in [1.54, 1.807) is 0 Å². The third kappa shape index (κ3) is 3.06. The van der Waals surface area contributed by atoms with Crippen molar-refractivity contribution in [2.75, 3.05) is 6.54 Å². The third-order valence-electron chi connectivity index (χ3n) is 4.47. The van der Waals surface area contributed by atoms with E-state index in [4.69, 9.17) is 0 Å². The van der Waals surface area contributed by atoms with Crippen LogP contribution in [0.25, 0.3) is 10.1 Å². The average Bonchev–Trinajstić information content (AvgIpc) is 3.12. The Hall–Kier alpha value is -2.21. The van der Waals surface area contributed by atoms with Crippen LogP contribution in [0.1, 0.15) is 40.6 Å². The van der Waals surface area contributed by atoms with Gasteiger partial charge in [0.1, 0.15) is 11.6 Å². The highest BCUT2D eigenvalue weighted by molar-refractivity contribution is 7.20. The Balaban J connectivity index is 1.38. The molecule has 0 aliphatic carbocycles. The van der Waals surface area contributed by atoms with Gasteiger partial charge in [-0.2, -0.15) is 0 Å². The van der Waals surface area contributed by atoms with Gasteiger partial charge in [0.05, 0.1) is 4.88 Å². The van der Waals surface area contributed by atoms with Gasteiger partial charge in [-0.1, -0.05) is 24.6 Å². The number of fused-ring (bicyclic) bond motifs is 2. The van der Waals surface area contributed by atoms with Gasteiger partial charge in [0.25, 0.3) is 5.91 Å². The maximum atomic E-state index is 12.3. The van der Waals surface area contributed by atoms with E-state index in [1.165, 1.54) is 30.6 Å². The van der Waals surface area contributed by atoms with Gasteiger partial charge in [0.15, 0.2) is 0 Å². The summed E-state index contributed by atoms with van der Waals surface area (Å²) < 4.78 is 3.38. The predicted molar refractivity (Wildman–Crippen MR) is 95.4 cm³/mol. The van der Waals surface area contributed by atoms with Crippen molar-refractivity contribution < 1.29 is 4.79 Å². The number of nitrogens with zero attached hydrogens (tertiary/aromatic N) is 3. The van der Waals surface area contributed by atoms with Crippen LogP contribution >= 0.6 is 11.3 Å². The molecule has 0 bridgehead atoms. The number of aromatic nitrogens is 3. The van der Waals surface area contributed by atoms with Gasteiger partial charge in [0, 0.05) is 30.6 Å². The Morgan fingerprint density at radius 2 is 2.12 bits per heavy atom. The van der Waals surface area contributed by atoms with Gasteiger partial charge < -0.3 is 9.88 Å². The summed E-state index contributed by atoms with van der Waals surface area (Å²) in [6, 6.07) is 10.0. The van der Waals surface area contributed by atoms with Crippen LogP contribution in [0.15, 0.2) is 30.3 Å². The van der Waals surface area contributed by atoms with Crippen molar-refractivity contribution in [3.05, 3.63) is 46.9 Å². The van der Waals surface area contributed by atoms with Crippen molar-refractivity contribution in [1.29, 1.82) is 0 Å². The summed E-state index contributed by atoms with van der Waals surface area (Å²) in [4.78, 5) is 13.1. The van der Waals surface area contributed by atoms with Crippen LogP contribution in [0.3, 0.4) is 0 Å². The first-order chi connectivity index (χ1) is 11.8. The summed E-state index contributed by atoms with van der Waals surface area (Å²) in [6.07, 6.45) is 5.38. The van der Waals surface area contributed by atoms with Crippen LogP contribution < -0.4 is 5.32 Å². The highest BCUT2D eigenvalue weighted by atomic mass is 32.1. The number of hydrogen-bond donors (Lipinski definition) is 1. The van der Waals surface area contributed by atoms with E-state index in [1.807, 2.05) is 30.3 Å². The van der Waals surface area contributed by atoms with Gasteiger partial charge in [-0.3, -0.25) is 4.79 Å². The number of amides is 1. The van der Waals surface area contributed by atoms with E-state index in [2.05, 4.69) is 20.1 Å². The molecule has 1 aliphatic heterocycles. The van der Waals surface area contributed by atoms with Crippen LogP contribution in [0, 0.1) is 0 Å². The molecule has 24 heavy (non-hydrogen) atoms. The van der Waals surface area contributed by atoms with Crippen LogP contribution in [-0.2, 0) is 19.4 Å². The minimum atomic E-state index is -0.00759. The number of benzene rings is 1. The van der Waals surface area contributed by atoms with Crippen molar-refractivity contribution in [1.82, 2.24) is 20.1 Å². The second-order valence-electron chi connectivity index (χ2n) is 6.15. The first-order valence-corrected chi connectivity index (χ1v) is 9.30. The van der Waals surface area contributed by atoms with Gasteiger partial charge in [-0.15, -0.1) is 21.5 Å². The average molecular weight is 340 g/mol. The van der Waals surface area contributed by atoms with Gasteiger partial charge in [-0.25, -0.2) is 0 Å². The Morgan fingerprint density at radius 3 is 3.04 bits per heavy atom. The highest BCUT2D eigenvalue weighted by Crippen LogP contribution is 2.25. The lowest BCUT2D eigenvalue weighted by atomic mass is 10.2. The van der Waals surface area contributed by atoms with Gasteiger partial charge in [0.2, 0.25) is 0 Å². The normalized spacial score (nSPS) is 14.3. The first kappa shape index (κ1) is 15.3. The molecule has 0 atom stereocenters. The van der Waals surface area contributed by atoms with E-state index in [-0.39, 0.29) is 5.91 Å². The predicted octanol–water partition coefficient (Wildman–Crippen LogP) is 3.19. The fourth-order valence-corrected chi connectivity index (χ4v) is 4.18. The number of aryl methyl sites for hydroxylation is 1.